The Kier molecular flexibility index (Phi) is 5.25. The standard InChI is InChI=1S/C18H21N3O2S/c1-2-13-7-12-24-16(13)17(22)20-15-5-10-21(11-6-15)18(23)14-3-8-19-9-4-14/h3-4,7-9,12,15H,2,5-6,10-11H2,1H3,(H,20,22). The van der Waals surface area contributed by atoms with E-state index in [1.807, 2.05) is 16.3 Å². The number of nitrogens with zero attached hydrogens (tertiary/aromatic N) is 2. The van der Waals surface area contributed by atoms with Crippen LogP contribution in [-0.4, -0.2) is 40.8 Å². The number of nitrogens with one attached hydrogen (secondary N) is 1. The molecule has 1 aliphatic rings. The summed E-state index contributed by atoms with van der Waals surface area (Å²) in [5, 5.41) is 5.08. The van der Waals surface area contributed by atoms with Crippen molar-refractivity contribution in [3.63, 3.8) is 0 Å². The number of pyridine rings is 1. The predicted octanol–water partition coefficient (Wildman–Crippen LogP) is 2.74. The Morgan fingerprint density at radius 3 is 2.62 bits per heavy atom. The van der Waals surface area contributed by atoms with E-state index in [-0.39, 0.29) is 17.9 Å². The first-order chi connectivity index (χ1) is 11.7. The number of aromatic nitrogens is 1. The highest BCUT2D eigenvalue weighted by atomic mass is 32.1. The Bertz CT molecular complexity index is 706. The highest BCUT2D eigenvalue weighted by Crippen LogP contribution is 2.19. The molecule has 1 fully saturated rings. The SMILES string of the molecule is CCc1ccsc1C(=O)NC1CCN(C(=O)c2ccncc2)CC1. The van der Waals surface area contributed by atoms with Crippen molar-refractivity contribution in [3.05, 3.63) is 52.0 Å². The Morgan fingerprint density at radius 2 is 1.96 bits per heavy atom. The fraction of sp³-hybridized carbons (Fsp3) is 0.389. The van der Waals surface area contributed by atoms with Crippen molar-refractivity contribution < 1.29 is 9.59 Å². The number of likely N-dealkylation sites (tertiary alicyclic amines) is 1. The summed E-state index contributed by atoms with van der Waals surface area (Å²) in [6, 6.07) is 5.61. The molecule has 0 saturated carbocycles. The molecule has 3 rings (SSSR count). The van der Waals surface area contributed by atoms with Crippen LogP contribution in [0.2, 0.25) is 0 Å². The summed E-state index contributed by atoms with van der Waals surface area (Å²) in [5.41, 5.74) is 1.77. The summed E-state index contributed by atoms with van der Waals surface area (Å²) < 4.78 is 0. The van der Waals surface area contributed by atoms with Crippen LogP contribution in [0.25, 0.3) is 0 Å². The number of hydrogen-bond acceptors (Lipinski definition) is 4. The lowest BCUT2D eigenvalue weighted by molar-refractivity contribution is 0.0698. The van der Waals surface area contributed by atoms with Crippen LogP contribution < -0.4 is 5.32 Å². The molecule has 24 heavy (non-hydrogen) atoms. The van der Waals surface area contributed by atoms with Crippen molar-refractivity contribution in [1.82, 2.24) is 15.2 Å². The predicted molar refractivity (Wildman–Crippen MR) is 94.3 cm³/mol. The molecule has 0 aliphatic carbocycles. The number of hydrogen-bond donors (Lipinski definition) is 1. The van der Waals surface area contributed by atoms with Crippen molar-refractivity contribution >= 4 is 23.2 Å². The molecule has 0 unspecified atom stereocenters. The van der Waals surface area contributed by atoms with Crippen molar-refractivity contribution in [2.45, 2.75) is 32.2 Å². The molecule has 0 atom stereocenters. The van der Waals surface area contributed by atoms with Gasteiger partial charge in [-0.1, -0.05) is 6.92 Å². The highest BCUT2D eigenvalue weighted by molar-refractivity contribution is 7.12. The summed E-state index contributed by atoms with van der Waals surface area (Å²) in [6.07, 6.45) is 5.70. The van der Waals surface area contributed by atoms with Gasteiger partial charge in [-0.15, -0.1) is 11.3 Å². The second-order valence-electron chi connectivity index (χ2n) is 5.90. The Labute approximate surface area is 145 Å². The first-order valence-corrected chi connectivity index (χ1v) is 9.13. The van der Waals surface area contributed by atoms with Crippen LogP contribution in [0.3, 0.4) is 0 Å². The molecular weight excluding hydrogens is 322 g/mol. The first kappa shape index (κ1) is 16.6. The molecule has 5 nitrogen and oxygen atoms in total. The van der Waals surface area contributed by atoms with Gasteiger partial charge in [0, 0.05) is 37.1 Å². The van der Waals surface area contributed by atoms with Gasteiger partial charge in [-0.25, -0.2) is 0 Å². The molecular formula is C18H21N3O2S. The van der Waals surface area contributed by atoms with Gasteiger partial charge in [-0.05, 0) is 48.4 Å². The van der Waals surface area contributed by atoms with E-state index in [2.05, 4.69) is 17.2 Å². The largest absolute Gasteiger partial charge is 0.348 e. The minimum atomic E-state index is 0.0146. The van der Waals surface area contributed by atoms with E-state index in [0.717, 1.165) is 29.7 Å². The summed E-state index contributed by atoms with van der Waals surface area (Å²) >= 11 is 1.49. The molecule has 0 bridgehead atoms. The van der Waals surface area contributed by atoms with Gasteiger partial charge in [0.15, 0.2) is 0 Å². The zero-order chi connectivity index (χ0) is 16.9. The van der Waals surface area contributed by atoms with Crippen LogP contribution in [0.4, 0.5) is 0 Å². The lowest BCUT2D eigenvalue weighted by Crippen LogP contribution is -2.46. The molecule has 6 heteroatoms. The van der Waals surface area contributed by atoms with Gasteiger partial charge in [0.05, 0.1) is 4.88 Å². The van der Waals surface area contributed by atoms with E-state index < -0.39 is 0 Å². The molecule has 2 aromatic heterocycles. The third-order valence-electron chi connectivity index (χ3n) is 4.38. The monoisotopic (exact) mass is 343 g/mol. The second kappa shape index (κ2) is 7.57. The number of rotatable bonds is 4. The van der Waals surface area contributed by atoms with Gasteiger partial charge in [0.25, 0.3) is 11.8 Å². The summed E-state index contributed by atoms with van der Waals surface area (Å²) in [6.45, 7) is 3.39. The lowest BCUT2D eigenvalue weighted by Gasteiger charge is -2.32. The van der Waals surface area contributed by atoms with E-state index in [9.17, 15) is 9.59 Å². The highest BCUT2D eigenvalue weighted by Gasteiger charge is 2.25. The Morgan fingerprint density at radius 1 is 1.25 bits per heavy atom. The third kappa shape index (κ3) is 3.64. The van der Waals surface area contributed by atoms with Crippen molar-refractivity contribution in [1.29, 1.82) is 0 Å². The zero-order valence-electron chi connectivity index (χ0n) is 13.7. The topological polar surface area (TPSA) is 62.3 Å². The number of carbonyl (C=O) groups is 2. The Hall–Kier alpha value is -2.21. The number of carbonyl (C=O) groups excluding carboxylic acids is 2. The van der Waals surface area contributed by atoms with Crippen molar-refractivity contribution in [2.75, 3.05) is 13.1 Å². The molecule has 1 saturated heterocycles. The van der Waals surface area contributed by atoms with Crippen molar-refractivity contribution in [3.8, 4) is 0 Å². The summed E-state index contributed by atoms with van der Waals surface area (Å²) in [5.74, 6) is 0.0504. The quantitative estimate of drug-likeness (QED) is 0.928. The number of amides is 2. The number of piperidine rings is 1. The maximum absolute atomic E-state index is 12.4. The van der Waals surface area contributed by atoms with Gasteiger partial charge >= 0.3 is 0 Å². The van der Waals surface area contributed by atoms with E-state index in [1.165, 1.54) is 11.3 Å². The van der Waals surface area contributed by atoms with Crippen molar-refractivity contribution in [2.24, 2.45) is 0 Å². The second-order valence-corrected chi connectivity index (χ2v) is 6.82. The van der Waals surface area contributed by atoms with Crippen LogP contribution in [0.5, 0.6) is 0 Å². The minimum absolute atomic E-state index is 0.0146. The number of aryl methyl sites for hydroxylation is 1. The molecule has 126 valence electrons. The summed E-state index contributed by atoms with van der Waals surface area (Å²) in [7, 11) is 0. The average molecular weight is 343 g/mol. The van der Waals surface area contributed by atoms with Gasteiger partial charge < -0.3 is 10.2 Å². The molecule has 1 N–H and O–H groups in total. The molecule has 0 aromatic carbocycles. The van der Waals surface area contributed by atoms with Crippen LogP contribution in [0.1, 0.15) is 45.4 Å². The summed E-state index contributed by atoms with van der Waals surface area (Å²) in [4.78, 5) is 31.4. The maximum Gasteiger partial charge on any atom is 0.261 e. The van der Waals surface area contributed by atoms with Crippen LogP contribution in [0, 0.1) is 0 Å². The first-order valence-electron chi connectivity index (χ1n) is 8.25. The van der Waals surface area contributed by atoms with Crippen LogP contribution in [0.15, 0.2) is 36.0 Å². The molecule has 2 aromatic rings. The van der Waals surface area contributed by atoms with Gasteiger partial charge in [-0.2, -0.15) is 0 Å². The smallest absolute Gasteiger partial charge is 0.261 e. The van der Waals surface area contributed by atoms with E-state index in [1.54, 1.807) is 24.5 Å². The average Bonchev–Trinajstić information content (AvgIpc) is 3.11. The minimum Gasteiger partial charge on any atom is -0.348 e. The fourth-order valence-electron chi connectivity index (χ4n) is 2.97. The Balaban J connectivity index is 1.54. The third-order valence-corrected chi connectivity index (χ3v) is 5.33. The fourth-order valence-corrected chi connectivity index (χ4v) is 3.87. The van der Waals surface area contributed by atoms with Gasteiger partial charge in [0.1, 0.15) is 0 Å². The molecule has 0 radical (unpaired) electrons. The normalized spacial score (nSPS) is 15.3. The zero-order valence-corrected chi connectivity index (χ0v) is 14.5. The van der Waals surface area contributed by atoms with Crippen LogP contribution in [-0.2, 0) is 6.42 Å². The molecule has 1 aliphatic heterocycles. The molecule has 2 amide bonds. The molecule has 3 heterocycles. The van der Waals surface area contributed by atoms with E-state index >= 15 is 0 Å². The van der Waals surface area contributed by atoms with E-state index in [0.29, 0.717) is 18.7 Å². The number of thiophene rings is 1. The maximum atomic E-state index is 12.4. The van der Waals surface area contributed by atoms with Crippen LogP contribution >= 0.6 is 11.3 Å². The van der Waals surface area contributed by atoms with E-state index in [4.69, 9.17) is 0 Å². The lowest BCUT2D eigenvalue weighted by atomic mass is 10.0. The van der Waals surface area contributed by atoms with Gasteiger partial charge in [-0.3, -0.25) is 14.6 Å². The molecule has 0 spiro atoms. The van der Waals surface area contributed by atoms with Gasteiger partial charge in [0.2, 0.25) is 0 Å².